The van der Waals surface area contributed by atoms with Gasteiger partial charge < -0.3 is 19.5 Å². The van der Waals surface area contributed by atoms with Gasteiger partial charge in [0.1, 0.15) is 0 Å². The van der Waals surface area contributed by atoms with Crippen LogP contribution in [0.1, 0.15) is 50.3 Å². The molecule has 2 aromatic rings. The van der Waals surface area contributed by atoms with Crippen LogP contribution < -0.4 is 14.4 Å². The molecule has 7 heteroatoms. The number of hydrogen-bond acceptors (Lipinski definition) is 4. The summed E-state index contributed by atoms with van der Waals surface area (Å²) >= 11 is 0. The van der Waals surface area contributed by atoms with Crippen molar-refractivity contribution in [1.29, 1.82) is 0 Å². The average molecular weight is 427 g/mol. The van der Waals surface area contributed by atoms with E-state index in [1.54, 1.807) is 31.3 Å². The molecule has 0 aromatic heterocycles. The lowest BCUT2D eigenvalue weighted by atomic mass is 9.89. The molecule has 0 spiro atoms. The quantitative estimate of drug-likeness (QED) is 0.685. The average Bonchev–Trinajstić information content (AvgIpc) is 2.76. The maximum Gasteiger partial charge on any atom is 0.408 e. The molecule has 7 nitrogen and oxygen atoms in total. The molecular weight excluding hydrogens is 396 g/mol. The van der Waals surface area contributed by atoms with Crippen molar-refractivity contribution in [3.05, 3.63) is 53.6 Å². The second kappa shape index (κ2) is 9.73. The first-order valence-electron chi connectivity index (χ1n) is 10.5. The van der Waals surface area contributed by atoms with Gasteiger partial charge in [-0.1, -0.05) is 37.3 Å². The Kier molecular flexibility index (Phi) is 7.05. The number of benzene rings is 2. The fourth-order valence-electron chi connectivity index (χ4n) is 4.25. The van der Waals surface area contributed by atoms with Gasteiger partial charge in [-0.15, -0.1) is 0 Å². The molecule has 1 N–H and O–H groups in total. The smallest absolute Gasteiger partial charge is 0.408 e. The molecule has 3 rings (SSSR count). The van der Waals surface area contributed by atoms with Gasteiger partial charge in [0.15, 0.2) is 11.5 Å². The zero-order valence-corrected chi connectivity index (χ0v) is 18.5. The number of anilines is 1. The predicted molar refractivity (Wildman–Crippen MR) is 119 cm³/mol. The Labute approximate surface area is 183 Å². The monoisotopic (exact) mass is 426 g/mol. The molecule has 1 aliphatic heterocycles. The lowest BCUT2D eigenvalue weighted by Gasteiger charge is -2.43. The molecule has 0 saturated heterocycles. The number of carbonyl (C=O) groups excluding carboxylic acids is 1. The number of rotatable bonds is 7. The summed E-state index contributed by atoms with van der Waals surface area (Å²) < 4.78 is 11.0. The van der Waals surface area contributed by atoms with Crippen molar-refractivity contribution >= 4 is 17.7 Å². The van der Waals surface area contributed by atoms with Gasteiger partial charge in [-0.25, -0.2) is 4.79 Å². The topological polar surface area (TPSA) is 79.3 Å². The van der Waals surface area contributed by atoms with Gasteiger partial charge in [-0.05, 0) is 31.4 Å². The summed E-state index contributed by atoms with van der Waals surface area (Å²) in [6.07, 6.45) is 0.658. The molecule has 1 heterocycles. The molecule has 0 fully saturated rings. The van der Waals surface area contributed by atoms with E-state index in [4.69, 9.17) is 9.47 Å². The summed E-state index contributed by atoms with van der Waals surface area (Å²) in [6.45, 7) is 4.18. The highest BCUT2D eigenvalue weighted by Crippen LogP contribution is 2.46. The minimum atomic E-state index is -1.00. The molecular formula is C24H30N2O5. The predicted octanol–water partition coefficient (Wildman–Crippen LogP) is 4.85. The van der Waals surface area contributed by atoms with Gasteiger partial charge in [-0.3, -0.25) is 9.69 Å². The van der Waals surface area contributed by atoms with Crippen LogP contribution in [0.3, 0.4) is 0 Å². The number of fused-ring (bicyclic) bond motifs is 1. The SMILES string of the molecule is CCCC(=O)N1c2cc(OC)c(OC)cc2C(N(Cc2ccccc2)C(=O)O)CC1C. The summed E-state index contributed by atoms with van der Waals surface area (Å²) in [5.41, 5.74) is 2.33. The number of carbonyl (C=O) groups is 2. The van der Waals surface area contributed by atoms with Gasteiger partial charge >= 0.3 is 6.09 Å². The van der Waals surface area contributed by atoms with E-state index in [2.05, 4.69) is 0 Å². The highest BCUT2D eigenvalue weighted by Gasteiger charge is 2.39. The van der Waals surface area contributed by atoms with Crippen LogP contribution in [0.5, 0.6) is 11.5 Å². The number of carboxylic acid groups (broad SMARTS) is 1. The summed E-state index contributed by atoms with van der Waals surface area (Å²) in [6, 6.07) is 12.5. The van der Waals surface area contributed by atoms with E-state index in [1.165, 1.54) is 4.90 Å². The summed E-state index contributed by atoms with van der Waals surface area (Å²) in [4.78, 5) is 28.5. The van der Waals surface area contributed by atoms with Gasteiger partial charge in [0.2, 0.25) is 5.91 Å². The third-order valence-electron chi connectivity index (χ3n) is 5.71. The van der Waals surface area contributed by atoms with E-state index in [0.29, 0.717) is 30.0 Å². The van der Waals surface area contributed by atoms with Crippen LogP contribution in [0.2, 0.25) is 0 Å². The van der Waals surface area contributed by atoms with Gasteiger partial charge in [0, 0.05) is 30.6 Å². The minimum Gasteiger partial charge on any atom is -0.493 e. The van der Waals surface area contributed by atoms with Crippen LogP contribution in [0.15, 0.2) is 42.5 Å². The van der Waals surface area contributed by atoms with Crippen molar-refractivity contribution in [2.45, 2.75) is 51.7 Å². The van der Waals surface area contributed by atoms with E-state index in [1.807, 2.05) is 44.2 Å². The van der Waals surface area contributed by atoms with E-state index < -0.39 is 12.1 Å². The Morgan fingerprint density at radius 1 is 1.13 bits per heavy atom. The Balaban J connectivity index is 2.12. The van der Waals surface area contributed by atoms with Crippen LogP contribution in [-0.2, 0) is 11.3 Å². The summed E-state index contributed by atoms with van der Waals surface area (Å²) in [5.74, 6) is 1.04. The lowest BCUT2D eigenvalue weighted by molar-refractivity contribution is -0.119. The van der Waals surface area contributed by atoms with Crippen molar-refractivity contribution in [3.63, 3.8) is 0 Å². The molecule has 166 valence electrons. The van der Waals surface area contributed by atoms with Crippen LogP contribution in [-0.4, -0.2) is 42.3 Å². The largest absolute Gasteiger partial charge is 0.493 e. The number of nitrogens with zero attached hydrogens (tertiary/aromatic N) is 2. The minimum absolute atomic E-state index is 0.0202. The number of hydrogen-bond donors (Lipinski definition) is 1. The number of methoxy groups -OCH3 is 2. The molecule has 0 radical (unpaired) electrons. The Hall–Kier alpha value is -3.22. The van der Waals surface area contributed by atoms with Gasteiger partial charge in [-0.2, -0.15) is 0 Å². The molecule has 2 amide bonds. The third kappa shape index (κ3) is 4.60. The molecule has 31 heavy (non-hydrogen) atoms. The maximum atomic E-state index is 13.0. The molecule has 2 atom stereocenters. The lowest BCUT2D eigenvalue weighted by Crippen LogP contribution is -2.47. The summed E-state index contributed by atoms with van der Waals surface area (Å²) in [5, 5.41) is 10.1. The molecule has 2 unspecified atom stereocenters. The van der Waals surface area contributed by atoms with Gasteiger partial charge in [0.25, 0.3) is 0 Å². The number of amides is 2. The number of ether oxygens (including phenoxy) is 2. The van der Waals surface area contributed by atoms with Crippen LogP contribution in [0.25, 0.3) is 0 Å². The van der Waals surface area contributed by atoms with E-state index in [0.717, 1.165) is 17.5 Å². The van der Waals surface area contributed by atoms with Crippen LogP contribution >= 0.6 is 0 Å². The first-order valence-corrected chi connectivity index (χ1v) is 10.5. The second-order valence-corrected chi connectivity index (χ2v) is 7.78. The zero-order valence-electron chi connectivity index (χ0n) is 18.5. The Bertz CT molecular complexity index is 931. The molecule has 2 aromatic carbocycles. The van der Waals surface area contributed by atoms with Crippen molar-refractivity contribution in [3.8, 4) is 11.5 Å². The van der Waals surface area contributed by atoms with E-state index >= 15 is 0 Å². The normalized spacial score (nSPS) is 17.6. The van der Waals surface area contributed by atoms with E-state index in [9.17, 15) is 14.7 Å². The zero-order chi connectivity index (χ0) is 22.5. The van der Waals surface area contributed by atoms with Crippen molar-refractivity contribution in [1.82, 2.24) is 4.90 Å². The molecule has 0 saturated carbocycles. The van der Waals surface area contributed by atoms with Crippen LogP contribution in [0, 0.1) is 0 Å². The van der Waals surface area contributed by atoms with Crippen molar-refractivity contribution < 1.29 is 24.2 Å². The fraction of sp³-hybridized carbons (Fsp3) is 0.417. The molecule has 1 aliphatic rings. The van der Waals surface area contributed by atoms with Crippen molar-refractivity contribution in [2.75, 3.05) is 19.1 Å². The Morgan fingerprint density at radius 2 is 1.77 bits per heavy atom. The third-order valence-corrected chi connectivity index (χ3v) is 5.71. The first kappa shape index (κ1) is 22.5. The molecule has 0 bridgehead atoms. The Morgan fingerprint density at radius 3 is 2.35 bits per heavy atom. The van der Waals surface area contributed by atoms with Gasteiger partial charge in [0.05, 0.1) is 25.9 Å². The standard InChI is InChI=1S/C24H30N2O5/c1-5-9-23(27)26-16(2)12-19(18-13-21(30-3)22(31-4)14-20(18)26)25(24(28)29)15-17-10-7-6-8-11-17/h6-8,10-11,13-14,16,19H,5,9,12,15H2,1-4H3,(H,28,29). The summed E-state index contributed by atoms with van der Waals surface area (Å²) in [7, 11) is 3.09. The second-order valence-electron chi connectivity index (χ2n) is 7.78. The molecule has 0 aliphatic carbocycles. The highest BCUT2D eigenvalue weighted by atomic mass is 16.5. The van der Waals surface area contributed by atoms with Crippen LogP contribution in [0.4, 0.5) is 10.5 Å². The highest BCUT2D eigenvalue weighted by molar-refractivity contribution is 5.96. The fourth-order valence-corrected chi connectivity index (χ4v) is 4.25. The maximum absolute atomic E-state index is 13.0. The van der Waals surface area contributed by atoms with Crippen molar-refractivity contribution in [2.24, 2.45) is 0 Å². The van der Waals surface area contributed by atoms with E-state index in [-0.39, 0.29) is 18.5 Å². The first-order chi connectivity index (χ1) is 14.9.